The first-order valence-electron chi connectivity index (χ1n) is 9.62. The van der Waals surface area contributed by atoms with Crippen LogP contribution in [0.1, 0.15) is 25.8 Å². The highest BCUT2D eigenvalue weighted by atomic mass is 127. The van der Waals surface area contributed by atoms with Crippen molar-refractivity contribution in [2.45, 2.75) is 39.9 Å². The molecule has 1 saturated heterocycles. The van der Waals surface area contributed by atoms with Gasteiger partial charge >= 0.3 is 6.18 Å². The van der Waals surface area contributed by atoms with E-state index in [0.29, 0.717) is 26.2 Å². The minimum Gasteiger partial charge on any atom is -0.357 e. The molecule has 1 aromatic heterocycles. The number of guanidine groups is 1. The van der Waals surface area contributed by atoms with Gasteiger partial charge in [0.1, 0.15) is 0 Å². The van der Waals surface area contributed by atoms with E-state index in [2.05, 4.69) is 20.3 Å². The van der Waals surface area contributed by atoms with Gasteiger partial charge in [0, 0.05) is 32.4 Å². The van der Waals surface area contributed by atoms with Crippen molar-refractivity contribution < 1.29 is 13.2 Å². The predicted molar refractivity (Wildman–Crippen MR) is 116 cm³/mol. The molecule has 1 atom stereocenters. The summed E-state index contributed by atoms with van der Waals surface area (Å²) in [7, 11) is 0. The van der Waals surface area contributed by atoms with Gasteiger partial charge in [0.05, 0.1) is 25.8 Å². The smallest absolute Gasteiger partial charge is 0.357 e. The number of nitrogens with one attached hydrogen (secondary N) is 1. The summed E-state index contributed by atoms with van der Waals surface area (Å²) < 4.78 is 39.9. The molecule has 2 rings (SSSR count). The van der Waals surface area contributed by atoms with E-state index in [1.165, 1.54) is 4.90 Å². The van der Waals surface area contributed by atoms with Crippen molar-refractivity contribution in [3.63, 3.8) is 0 Å². The van der Waals surface area contributed by atoms with Crippen LogP contribution < -0.4 is 5.32 Å². The normalized spacial score (nSPS) is 17.9. The third kappa shape index (κ3) is 8.54. The molecular formula is C18H32F3IN6. The Kier molecular flexibility index (Phi) is 10.6. The van der Waals surface area contributed by atoms with E-state index in [4.69, 9.17) is 0 Å². The van der Waals surface area contributed by atoms with Crippen LogP contribution in [0.3, 0.4) is 0 Å². The Bertz CT molecular complexity index is 604. The second kappa shape index (κ2) is 11.8. The Morgan fingerprint density at radius 3 is 2.71 bits per heavy atom. The number of hydrogen-bond donors (Lipinski definition) is 1. The van der Waals surface area contributed by atoms with Gasteiger partial charge in [-0.15, -0.1) is 24.0 Å². The fraction of sp³-hybridized carbons (Fsp3) is 0.778. The van der Waals surface area contributed by atoms with Crippen LogP contribution in [0.4, 0.5) is 13.2 Å². The van der Waals surface area contributed by atoms with Crippen molar-refractivity contribution in [2.24, 2.45) is 10.9 Å². The van der Waals surface area contributed by atoms with Gasteiger partial charge in [0.2, 0.25) is 0 Å². The fourth-order valence-electron chi connectivity index (χ4n) is 3.37. The quantitative estimate of drug-likeness (QED) is 0.328. The monoisotopic (exact) mass is 516 g/mol. The van der Waals surface area contributed by atoms with Gasteiger partial charge in [-0.3, -0.25) is 14.6 Å². The number of aromatic nitrogens is 2. The minimum atomic E-state index is -4.14. The van der Waals surface area contributed by atoms with Crippen LogP contribution in [0.15, 0.2) is 17.4 Å². The molecule has 1 aromatic rings. The molecule has 0 radical (unpaired) electrons. The zero-order valence-electron chi connectivity index (χ0n) is 16.9. The zero-order chi connectivity index (χ0) is 19.9. The lowest BCUT2D eigenvalue weighted by Gasteiger charge is -2.26. The van der Waals surface area contributed by atoms with Crippen LogP contribution in [0, 0.1) is 12.8 Å². The summed E-state index contributed by atoms with van der Waals surface area (Å²) in [6.45, 7) is 9.47. The molecule has 1 aliphatic heterocycles. The number of nitrogens with zero attached hydrogens (tertiary/aromatic N) is 5. The van der Waals surface area contributed by atoms with Gasteiger partial charge in [0.25, 0.3) is 0 Å². The molecule has 2 heterocycles. The lowest BCUT2D eigenvalue weighted by Crippen LogP contribution is -2.42. The number of alkyl halides is 3. The Balaban J connectivity index is 0.00000392. The summed E-state index contributed by atoms with van der Waals surface area (Å²) in [5, 5.41) is 7.55. The molecule has 1 unspecified atom stereocenters. The van der Waals surface area contributed by atoms with Crippen LogP contribution in [-0.4, -0.2) is 77.5 Å². The van der Waals surface area contributed by atoms with Gasteiger partial charge in [-0.05, 0) is 38.3 Å². The van der Waals surface area contributed by atoms with E-state index < -0.39 is 12.7 Å². The maximum Gasteiger partial charge on any atom is 0.401 e. The second-order valence-corrected chi connectivity index (χ2v) is 7.06. The number of halogens is 4. The average molecular weight is 516 g/mol. The van der Waals surface area contributed by atoms with Crippen molar-refractivity contribution >= 4 is 29.9 Å². The first kappa shape index (κ1) is 25.0. The van der Waals surface area contributed by atoms with E-state index in [0.717, 1.165) is 37.6 Å². The van der Waals surface area contributed by atoms with E-state index in [1.807, 2.05) is 30.9 Å². The van der Waals surface area contributed by atoms with Gasteiger partial charge in [0.15, 0.2) is 5.96 Å². The molecule has 162 valence electrons. The third-order valence-corrected chi connectivity index (χ3v) is 4.64. The summed E-state index contributed by atoms with van der Waals surface area (Å²) >= 11 is 0. The molecule has 6 nitrogen and oxygen atoms in total. The minimum absolute atomic E-state index is 0. The van der Waals surface area contributed by atoms with Gasteiger partial charge in [-0.1, -0.05) is 6.92 Å². The van der Waals surface area contributed by atoms with Crippen LogP contribution >= 0.6 is 24.0 Å². The Morgan fingerprint density at radius 2 is 2.14 bits per heavy atom. The van der Waals surface area contributed by atoms with E-state index in [-0.39, 0.29) is 29.9 Å². The standard InChI is InChI=1S/C18H31F3N6.HI/c1-4-22-17(23-7-9-27-11-15(3)10-24-27)26-8-6-16(13-26)12-25(5-2)14-18(19,20)21;/h10-11,16H,4-9,12-14H2,1-3H3,(H,22,23);1H. The van der Waals surface area contributed by atoms with Crippen molar-refractivity contribution in [3.8, 4) is 0 Å². The summed E-state index contributed by atoms with van der Waals surface area (Å²) in [5.41, 5.74) is 1.12. The van der Waals surface area contributed by atoms with Gasteiger partial charge < -0.3 is 10.2 Å². The number of aryl methyl sites for hydroxylation is 1. The maximum atomic E-state index is 12.7. The number of aliphatic imine (C=N–C) groups is 1. The SMILES string of the molecule is CCNC(=NCCn1cc(C)cn1)N1CCC(CN(CC)CC(F)(F)F)C1.I. The van der Waals surface area contributed by atoms with Crippen molar-refractivity contribution in [1.29, 1.82) is 0 Å². The van der Waals surface area contributed by atoms with Gasteiger partial charge in [-0.25, -0.2) is 0 Å². The lowest BCUT2D eigenvalue weighted by molar-refractivity contribution is -0.146. The third-order valence-electron chi connectivity index (χ3n) is 4.64. The van der Waals surface area contributed by atoms with E-state index >= 15 is 0 Å². The Morgan fingerprint density at radius 1 is 1.39 bits per heavy atom. The summed E-state index contributed by atoms with van der Waals surface area (Å²) in [4.78, 5) is 8.31. The summed E-state index contributed by atoms with van der Waals surface area (Å²) in [6.07, 6.45) is 0.543. The largest absolute Gasteiger partial charge is 0.401 e. The highest BCUT2D eigenvalue weighted by molar-refractivity contribution is 14.0. The van der Waals surface area contributed by atoms with Crippen LogP contribution in [0.25, 0.3) is 0 Å². The van der Waals surface area contributed by atoms with Crippen molar-refractivity contribution in [2.75, 3.05) is 45.8 Å². The molecule has 1 N–H and O–H groups in total. The molecule has 1 aliphatic rings. The molecule has 28 heavy (non-hydrogen) atoms. The summed E-state index contributed by atoms with van der Waals surface area (Å²) in [6, 6.07) is 0. The van der Waals surface area contributed by atoms with Crippen LogP contribution in [-0.2, 0) is 6.54 Å². The molecule has 0 amide bonds. The summed E-state index contributed by atoms with van der Waals surface area (Å²) in [5.74, 6) is 1.06. The van der Waals surface area contributed by atoms with E-state index in [9.17, 15) is 13.2 Å². The first-order chi connectivity index (χ1) is 12.8. The molecule has 0 spiro atoms. The highest BCUT2D eigenvalue weighted by Crippen LogP contribution is 2.21. The topological polar surface area (TPSA) is 48.7 Å². The molecule has 1 fully saturated rings. The van der Waals surface area contributed by atoms with Crippen LogP contribution in [0.2, 0.25) is 0 Å². The highest BCUT2D eigenvalue weighted by Gasteiger charge is 2.32. The molecule has 0 bridgehead atoms. The zero-order valence-corrected chi connectivity index (χ0v) is 19.2. The van der Waals surface area contributed by atoms with Crippen molar-refractivity contribution in [1.82, 2.24) is 24.9 Å². The molecule has 0 saturated carbocycles. The van der Waals surface area contributed by atoms with Gasteiger partial charge in [-0.2, -0.15) is 18.3 Å². The Labute approximate surface area is 182 Å². The number of rotatable bonds is 8. The average Bonchev–Trinajstić information content (AvgIpc) is 3.21. The molecular weight excluding hydrogens is 484 g/mol. The fourth-order valence-corrected chi connectivity index (χ4v) is 3.37. The second-order valence-electron chi connectivity index (χ2n) is 7.06. The van der Waals surface area contributed by atoms with Crippen LogP contribution in [0.5, 0.6) is 0 Å². The van der Waals surface area contributed by atoms with E-state index in [1.54, 1.807) is 6.92 Å². The number of hydrogen-bond acceptors (Lipinski definition) is 3. The maximum absolute atomic E-state index is 12.7. The van der Waals surface area contributed by atoms with Crippen molar-refractivity contribution in [3.05, 3.63) is 18.0 Å². The molecule has 10 heteroatoms. The lowest BCUT2D eigenvalue weighted by atomic mass is 10.1. The predicted octanol–water partition coefficient (Wildman–Crippen LogP) is 2.98. The Hall–Kier alpha value is -1.04. The molecule has 0 aromatic carbocycles. The molecule has 0 aliphatic carbocycles. The first-order valence-corrected chi connectivity index (χ1v) is 9.62. The number of likely N-dealkylation sites (tertiary alicyclic amines) is 1.